The van der Waals surface area contributed by atoms with Crippen LogP contribution >= 0.6 is 0 Å². The molecule has 0 amide bonds. The maximum Gasteiger partial charge on any atom is 0.157 e. The lowest BCUT2D eigenvalue weighted by molar-refractivity contribution is 0.0216. The molecule has 106 valence electrons. The Balaban J connectivity index is 1.59. The second-order valence-corrected chi connectivity index (χ2v) is 6.19. The van der Waals surface area contributed by atoms with Crippen LogP contribution in [0.3, 0.4) is 0 Å². The van der Waals surface area contributed by atoms with Crippen LogP contribution in [0.5, 0.6) is 5.75 Å². The minimum atomic E-state index is -0.337. The Morgan fingerprint density at radius 1 is 1.21 bits per heavy atom. The molecule has 4 nitrogen and oxygen atoms in total. The van der Waals surface area contributed by atoms with Crippen molar-refractivity contribution in [2.75, 3.05) is 0 Å². The molecule has 1 aromatic rings. The number of hydrogen-bond donors (Lipinski definition) is 1. The van der Waals surface area contributed by atoms with Gasteiger partial charge in [0.15, 0.2) is 5.75 Å². The van der Waals surface area contributed by atoms with Crippen LogP contribution < -0.4 is 4.74 Å². The number of aliphatic hydroxyl groups is 1. The molecule has 2 saturated carbocycles. The van der Waals surface area contributed by atoms with Gasteiger partial charge in [-0.1, -0.05) is 19.3 Å². The van der Waals surface area contributed by atoms with Gasteiger partial charge in [-0.15, -0.1) is 0 Å². The van der Waals surface area contributed by atoms with E-state index in [1.54, 1.807) is 10.9 Å². The third-order valence-corrected chi connectivity index (χ3v) is 4.61. The summed E-state index contributed by atoms with van der Waals surface area (Å²) in [5.41, 5.74) is 0. The summed E-state index contributed by atoms with van der Waals surface area (Å²) >= 11 is 0. The van der Waals surface area contributed by atoms with Crippen LogP contribution in [0.15, 0.2) is 12.4 Å². The van der Waals surface area contributed by atoms with Gasteiger partial charge in [0.25, 0.3) is 0 Å². The molecule has 1 aromatic heterocycles. The van der Waals surface area contributed by atoms with Crippen molar-refractivity contribution in [1.29, 1.82) is 0 Å². The number of aryl methyl sites for hydroxylation is 1. The number of aromatic nitrogens is 2. The highest BCUT2D eigenvalue weighted by Gasteiger charge is 2.37. The van der Waals surface area contributed by atoms with E-state index in [0.717, 1.165) is 36.8 Å². The average molecular weight is 264 g/mol. The zero-order valence-electron chi connectivity index (χ0n) is 11.7. The third kappa shape index (κ3) is 3.30. The summed E-state index contributed by atoms with van der Waals surface area (Å²) < 4.78 is 7.67. The molecule has 0 radical (unpaired) electrons. The molecule has 4 heteroatoms. The summed E-state index contributed by atoms with van der Waals surface area (Å²) in [6.07, 6.45) is 11.3. The van der Waals surface area contributed by atoms with Crippen molar-refractivity contribution < 1.29 is 9.84 Å². The SMILES string of the molecule is Cn1cc(O[C@@H]2CCC[C@H]3C[C@@H]3CCC[C@H]2O)cn1. The van der Waals surface area contributed by atoms with E-state index in [9.17, 15) is 5.11 Å². The Bertz CT molecular complexity index is 418. The van der Waals surface area contributed by atoms with E-state index >= 15 is 0 Å². The van der Waals surface area contributed by atoms with E-state index < -0.39 is 0 Å². The molecular weight excluding hydrogens is 240 g/mol. The quantitative estimate of drug-likeness (QED) is 0.893. The van der Waals surface area contributed by atoms with E-state index in [1.807, 2.05) is 13.2 Å². The van der Waals surface area contributed by atoms with Gasteiger partial charge in [-0.2, -0.15) is 5.10 Å². The van der Waals surface area contributed by atoms with Gasteiger partial charge in [0, 0.05) is 7.05 Å². The van der Waals surface area contributed by atoms with Gasteiger partial charge in [0.05, 0.1) is 18.5 Å². The molecule has 0 aromatic carbocycles. The fourth-order valence-electron chi connectivity index (χ4n) is 3.34. The molecule has 0 spiro atoms. The summed E-state index contributed by atoms with van der Waals surface area (Å²) in [6, 6.07) is 0. The van der Waals surface area contributed by atoms with E-state index in [0.29, 0.717) is 0 Å². The molecule has 2 aliphatic rings. The lowest BCUT2D eigenvalue weighted by atomic mass is 9.97. The highest BCUT2D eigenvalue weighted by atomic mass is 16.5. The fraction of sp³-hybridized carbons (Fsp3) is 0.800. The van der Waals surface area contributed by atoms with Gasteiger partial charge >= 0.3 is 0 Å². The largest absolute Gasteiger partial charge is 0.484 e. The van der Waals surface area contributed by atoms with Gasteiger partial charge < -0.3 is 9.84 Å². The van der Waals surface area contributed by atoms with Crippen LogP contribution in [-0.4, -0.2) is 27.1 Å². The van der Waals surface area contributed by atoms with Crippen molar-refractivity contribution in [3.63, 3.8) is 0 Å². The van der Waals surface area contributed by atoms with Gasteiger partial charge in [-0.05, 0) is 37.5 Å². The molecule has 0 bridgehead atoms. The van der Waals surface area contributed by atoms with Crippen molar-refractivity contribution in [3.05, 3.63) is 12.4 Å². The van der Waals surface area contributed by atoms with Crippen molar-refractivity contribution >= 4 is 0 Å². The van der Waals surface area contributed by atoms with Crippen molar-refractivity contribution in [1.82, 2.24) is 9.78 Å². The number of ether oxygens (including phenoxy) is 1. The average Bonchev–Trinajstić information content (AvgIpc) is 3.00. The molecule has 1 heterocycles. The second kappa shape index (κ2) is 5.53. The summed E-state index contributed by atoms with van der Waals surface area (Å²) in [5.74, 6) is 2.70. The van der Waals surface area contributed by atoms with E-state index in [2.05, 4.69) is 5.10 Å². The molecule has 19 heavy (non-hydrogen) atoms. The molecule has 4 atom stereocenters. The lowest BCUT2D eigenvalue weighted by Crippen LogP contribution is -2.32. The summed E-state index contributed by atoms with van der Waals surface area (Å²) in [5, 5.41) is 14.4. The Morgan fingerprint density at radius 2 is 1.95 bits per heavy atom. The van der Waals surface area contributed by atoms with Crippen LogP contribution in [0.2, 0.25) is 0 Å². The van der Waals surface area contributed by atoms with E-state index in [1.165, 1.54) is 25.7 Å². The molecule has 2 aliphatic carbocycles. The van der Waals surface area contributed by atoms with Crippen LogP contribution in [-0.2, 0) is 7.05 Å². The van der Waals surface area contributed by atoms with Crippen LogP contribution in [0.25, 0.3) is 0 Å². The number of rotatable bonds is 2. The normalized spacial score (nSPS) is 35.5. The molecule has 0 aliphatic heterocycles. The Hall–Kier alpha value is -1.03. The standard InChI is InChI=1S/C15H24N2O2/c1-17-10-13(9-16-17)19-15-7-3-5-12-8-11(12)4-2-6-14(15)18/h9-12,14-15,18H,2-8H2,1H3/t11-,12-,14+,15+/m0/s1. The first-order chi connectivity index (χ1) is 9.22. The fourth-order valence-corrected chi connectivity index (χ4v) is 3.34. The van der Waals surface area contributed by atoms with Gasteiger partial charge in [-0.25, -0.2) is 0 Å². The Labute approximate surface area is 114 Å². The monoisotopic (exact) mass is 264 g/mol. The second-order valence-electron chi connectivity index (χ2n) is 6.19. The Kier molecular flexibility index (Phi) is 3.78. The molecular formula is C15H24N2O2. The molecule has 0 unspecified atom stereocenters. The topological polar surface area (TPSA) is 47.3 Å². The highest BCUT2D eigenvalue weighted by Crippen LogP contribution is 2.46. The predicted molar refractivity (Wildman–Crippen MR) is 72.9 cm³/mol. The maximum absolute atomic E-state index is 10.3. The van der Waals surface area contributed by atoms with Gasteiger partial charge in [-0.3, -0.25) is 4.68 Å². The minimum Gasteiger partial charge on any atom is -0.484 e. The highest BCUT2D eigenvalue weighted by molar-refractivity contribution is 5.12. The van der Waals surface area contributed by atoms with Crippen LogP contribution in [0, 0.1) is 11.8 Å². The minimum absolute atomic E-state index is 0.0699. The summed E-state index contributed by atoms with van der Waals surface area (Å²) in [6.45, 7) is 0. The van der Waals surface area contributed by atoms with Gasteiger partial charge in [0.1, 0.15) is 6.10 Å². The molecule has 0 saturated heterocycles. The first-order valence-electron chi connectivity index (χ1n) is 7.56. The molecule has 2 fully saturated rings. The molecule has 3 rings (SSSR count). The van der Waals surface area contributed by atoms with Crippen molar-refractivity contribution in [2.24, 2.45) is 18.9 Å². The summed E-state index contributed by atoms with van der Waals surface area (Å²) in [7, 11) is 1.88. The first-order valence-corrected chi connectivity index (χ1v) is 7.56. The maximum atomic E-state index is 10.3. The van der Waals surface area contributed by atoms with Crippen LogP contribution in [0.4, 0.5) is 0 Å². The van der Waals surface area contributed by atoms with E-state index in [4.69, 9.17) is 4.74 Å². The number of hydrogen-bond acceptors (Lipinski definition) is 3. The Morgan fingerprint density at radius 3 is 2.63 bits per heavy atom. The zero-order chi connectivity index (χ0) is 13.2. The van der Waals surface area contributed by atoms with Crippen LogP contribution in [0.1, 0.15) is 44.9 Å². The predicted octanol–water partition coefficient (Wildman–Crippen LogP) is 2.52. The lowest BCUT2D eigenvalue weighted by Gasteiger charge is -2.24. The molecule has 1 N–H and O–H groups in total. The number of nitrogens with zero attached hydrogens (tertiary/aromatic N) is 2. The van der Waals surface area contributed by atoms with E-state index in [-0.39, 0.29) is 12.2 Å². The van der Waals surface area contributed by atoms with Crippen molar-refractivity contribution in [3.8, 4) is 5.75 Å². The number of fused-ring (bicyclic) bond motifs is 1. The summed E-state index contributed by atoms with van der Waals surface area (Å²) in [4.78, 5) is 0. The third-order valence-electron chi connectivity index (χ3n) is 4.61. The first kappa shape index (κ1) is 13.0. The van der Waals surface area contributed by atoms with Gasteiger partial charge in [0.2, 0.25) is 0 Å². The zero-order valence-corrected chi connectivity index (χ0v) is 11.7. The van der Waals surface area contributed by atoms with Crippen molar-refractivity contribution in [2.45, 2.75) is 57.2 Å². The smallest absolute Gasteiger partial charge is 0.157 e. The number of aliphatic hydroxyl groups excluding tert-OH is 1.